The van der Waals surface area contributed by atoms with Crippen molar-refractivity contribution in [3.8, 4) is 6.07 Å². The van der Waals surface area contributed by atoms with Crippen molar-refractivity contribution in [1.29, 1.82) is 5.26 Å². The highest BCUT2D eigenvalue weighted by molar-refractivity contribution is 8.00. The second-order valence-corrected chi connectivity index (χ2v) is 8.93. The van der Waals surface area contributed by atoms with Crippen molar-refractivity contribution in [3.63, 3.8) is 0 Å². The van der Waals surface area contributed by atoms with Gasteiger partial charge in [0.2, 0.25) is 0 Å². The lowest BCUT2D eigenvalue weighted by atomic mass is 9.97. The van der Waals surface area contributed by atoms with Crippen molar-refractivity contribution in [2.45, 2.75) is 36.7 Å². The first-order valence-electron chi connectivity index (χ1n) is 6.25. The van der Waals surface area contributed by atoms with E-state index >= 15 is 0 Å². The molecule has 1 saturated heterocycles. The Bertz CT molecular complexity index is 404. The summed E-state index contributed by atoms with van der Waals surface area (Å²) in [5.74, 6) is 0.226. The third kappa shape index (κ3) is 3.87. The highest BCUT2D eigenvalue weighted by Crippen LogP contribution is 2.33. The second kappa shape index (κ2) is 6.27. The molecule has 6 heteroatoms. The zero-order valence-corrected chi connectivity index (χ0v) is 13.0. The summed E-state index contributed by atoms with van der Waals surface area (Å²) in [5.41, 5.74) is 0. The summed E-state index contributed by atoms with van der Waals surface area (Å²) in [4.78, 5) is 2.16. The number of nitrogens with zero attached hydrogens (tertiary/aromatic N) is 2. The van der Waals surface area contributed by atoms with Gasteiger partial charge < -0.3 is 4.90 Å². The Hall–Kier alpha value is -0.250. The molecule has 1 aliphatic rings. The number of likely N-dealkylation sites (tertiary alicyclic amines) is 1. The first-order valence-corrected chi connectivity index (χ1v) is 9.19. The maximum Gasteiger partial charge on any atom is 0.153 e. The van der Waals surface area contributed by atoms with Crippen LogP contribution in [-0.4, -0.2) is 55.0 Å². The van der Waals surface area contributed by atoms with Crippen molar-refractivity contribution >= 4 is 21.6 Å². The van der Waals surface area contributed by atoms with Crippen molar-refractivity contribution < 1.29 is 8.42 Å². The Labute approximate surface area is 115 Å². The van der Waals surface area contributed by atoms with Gasteiger partial charge >= 0.3 is 0 Å². The molecule has 0 unspecified atom stereocenters. The average Bonchev–Trinajstić information content (AvgIpc) is 2.37. The minimum atomic E-state index is -2.95. The zero-order chi connectivity index (χ0) is 13.8. The largest absolute Gasteiger partial charge is 0.302 e. The molecule has 1 heterocycles. The van der Waals surface area contributed by atoms with Gasteiger partial charge in [-0.2, -0.15) is 5.26 Å². The van der Waals surface area contributed by atoms with E-state index in [9.17, 15) is 13.7 Å². The Morgan fingerprint density at radius 2 is 1.94 bits per heavy atom. The topological polar surface area (TPSA) is 61.2 Å². The van der Waals surface area contributed by atoms with Crippen molar-refractivity contribution in [2.24, 2.45) is 0 Å². The Balaban J connectivity index is 2.44. The molecule has 0 aromatic carbocycles. The van der Waals surface area contributed by atoms with E-state index in [0.29, 0.717) is 6.54 Å². The van der Waals surface area contributed by atoms with Gasteiger partial charge in [-0.3, -0.25) is 0 Å². The van der Waals surface area contributed by atoms with Crippen LogP contribution in [0.25, 0.3) is 0 Å². The summed E-state index contributed by atoms with van der Waals surface area (Å²) < 4.78 is 23.2. The lowest BCUT2D eigenvalue weighted by molar-refractivity contribution is 0.228. The Morgan fingerprint density at radius 1 is 1.39 bits per heavy atom. The molecule has 1 fully saturated rings. The van der Waals surface area contributed by atoms with Crippen LogP contribution in [0.1, 0.15) is 26.7 Å². The van der Waals surface area contributed by atoms with E-state index in [2.05, 4.69) is 11.0 Å². The van der Waals surface area contributed by atoms with Gasteiger partial charge in [0, 0.05) is 19.6 Å². The molecule has 0 aliphatic carbocycles. The molecule has 0 radical (unpaired) electrons. The van der Waals surface area contributed by atoms with Gasteiger partial charge in [0.05, 0.1) is 17.1 Å². The smallest absolute Gasteiger partial charge is 0.153 e. The highest BCUT2D eigenvalue weighted by atomic mass is 32.2. The highest BCUT2D eigenvalue weighted by Gasteiger charge is 2.34. The summed E-state index contributed by atoms with van der Waals surface area (Å²) in [5, 5.41) is 8.88. The molecule has 104 valence electrons. The maximum absolute atomic E-state index is 11.7. The van der Waals surface area contributed by atoms with E-state index in [1.54, 1.807) is 25.6 Å². The van der Waals surface area contributed by atoms with Gasteiger partial charge in [0.15, 0.2) is 9.84 Å². The monoisotopic (exact) mass is 290 g/mol. The standard InChI is InChI=1S/C12H22N2O2S2/c1-11(2)18(15,16)9-8-14-6-4-12(10-13,17-3)5-7-14/h11H,4-9H2,1-3H3. The lowest BCUT2D eigenvalue weighted by Gasteiger charge is -2.36. The molecule has 0 N–H and O–H groups in total. The molecule has 0 atom stereocenters. The van der Waals surface area contributed by atoms with Gasteiger partial charge in [-0.15, -0.1) is 11.8 Å². The molecule has 0 bridgehead atoms. The van der Waals surface area contributed by atoms with Crippen LogP contribution in [-0.2, 0) is 9.84 Å². The number of piperidine rings is 1. The summed E-state index contributed by atoms with van der Waals surface area (Å²) in [6.07, 6.45) is 3.63. The molecule has 0 spiro atoms. The number of hydrogen-bond donors (Lipinski definition) is 0. The number of thioether (sulfide) groups is 1. The van der Waals surface area contributed by atoms with Crippen molar-refractivity contribution in [2.75, 3.05) is 31.6 Å². The van der Waals surface area contributed by atoms with Gasteiger partial charge in [0.25, 0.3) is 0 Å². The fourth-order valence-corrected chi connectivity index (χ4v) is 3.66. The normalized spacial score (nSPS) is 20.8. The van der Waals surface area contributed by atoms with Crippen LogP contribution in [0.15, 0.2) is 0 Å². The summed E-state index contributed by atoms with van der Waals surface area (Å²) in [6.45, 7) is 5.68. The van der Waals surface area contributed by atoms with Crippen LogP contribution in [0.2, 0.25) is 0 Å². The Morgan fingerprint density at radius 3 is 2.33 bits per heavy atom. The summed E-state index contributed by atoms with van der Waals surface area (Å²) in [7, 11) is -2.95. The Kier molecular flexibility index (Phi) is 5.50. The first kappa shape index (κ1) is 15.8. The first-order chi connectivity index (χ1) is 8.35. The van der Waals surface area contributed by atoms with E-state index in [1.807, 2.05) is 6.26 Å². The van der Waals surface area contributed by atoms with E-state index in [0.717, 1.165) is 25.9 Å². The average molecular weight is 290 g/mol. The number of nitriles is 1. The maximum atomic E-state index is 11.7. The molecule has 1 rings (SSSR count). The third-order valence-electron chi connectivity index (χ3n) is 3.67. The van der Waals surface area contributed by atoms with Gasteiger partial charge in [0.1, 0.15) is 4.75 Å². The minimum Gasteiger partial charge on any atom is -0.302 e. The van der Waals surface area contributed by atoms with E-state index in [4.69, 9.17) is 0 Å². The van der Waals surface area contributed by atoms with Gasteiger partial charge in [-0.1, -0.05) is 0 Å². The SMILES string of the molecule is CSC1(C#N)CCN(CCS(=O)(=O)C(C)C)CC1. The second-order valence-electron chi connectivity index (χ2n) is 5.07. The van der Waals surface area contributed by atoms with Crippen LogP contribution >= 0.6 is 11.8 Å². The predicted octanol–water partition coefficient (Wildman–Crippen LogP) is 1.53. The van der Waals surface area contributed by atoms with Crippen LogP contribution in [0.5, 0.6) is 0 Å². The summed E-state index contributed by atoms with van der Waals surface area (Å²) >= 11 is 1.62. The van der Waals surface area contributed by atoms with Crippen LogP contribution in [0.4, 0.5) is 0 Å². The van der Waals surface area contributed by atoms with E-state index in [-0.39, 0.29) is 15.7 Å². The van der Waals surface area contributed by atoms with Crippen molar-refractivity contribution in [3.05, 3.63) is 0 Å². The molecule has 4 nitrogen and oxygen atoms in total. The number of rotatable bonds is 5. The fraction of sp³-hybridized carbons (Fsp3) is 0.917. The van der Waals surface area contributed by atoms with Crippen LogP contribution in [0.3, 0.4) is 0 Å². The summed E-state index contributed by atoms with van der Waals surface area (Å²) in [6, 6.07) is 2.40. The molecule has 18 heavy (non-hydrogen) atoms. The molecule has 0 aromatic heterocycles. The zero-order valence-electron chi connectivity index (χ0n) is 11.3. The molecule has 1 aliphatic heterocycles. The molecular weight excluding hydrogens is 268 g/mol. The van der Waals surface area contributed by atoms with Gasteiger partial charge in [-0.05, 0) is 32.9 Å². The van der Waals surface area contributed by atoms with Gasteiger partial charge in [-0.25, -0.2) is 8.42 Å². The lowest BCUT2D eigenvalue weighted by Crippen LogP contribution is -2.43. The van der Waals surface area contributed by atoms with Crippen molar-refractivity contribution in [1.82, 2.24) is 4.90 Å². The fourth-order valence-electron chi connectivity index (χ4n) is 1.99. The molecule has 0 saturated carbocycles. The van der Waals surface area contributed by atoms with Crippen LogP contribution < -0.4 is 0 Å². The third-order valence-corrected chi connectivity index (χ3v) is 7.14. The number of hydrogen-bond acceptors (Lipinski definition) is 5. The minimum absolute atomic E-state index is 0.226. The molecular formula is C12H22N2O2S2. The van der Waals surface area contributed by atoms with Crippen LogP contribution in [0, 0.1) is 11.3 Å². The number of sulfone groups is 1. The molecule has 0 amide bonds. The molecule has 0 aromatic rings. The quantitative estimate of drug-likeness (QED) is 0.768. The predicted molar refractivity (Wildman–Crippen MR) is 76.5 cm³/mol. The van der Waals surface area contributed by atoms with E-state index < -0.39 is 9.84 Å². The van der Waals surface area contributed by atoms with E-state index in [1.165, 1.54) is 0 Å².